The Morgan fingerprint density at radius 1 is 0.271 bits per heavy atom. The summed E-state index contributed by atoms with van der Waals surface area (Å²) in [7, 11) is 0. The van der Waals surface area contributed by atoms with Crippen molar-refractivity contribution in [3.05, 3.63) is 250 Å². The number of fused-ring (bicyclic) bond motifs is 2. The molecule has 0 unspecified atom stereocenters. The minimum Gasteiger partial charge on any atom is -0.0622 e. The first-order valence-electron chi connectivity index (χ1n) is 16.8. The molecule has 0 aromatic heterocycles. The summed E-state index contributed by atoms with van der Waals surface area (Å²) in [5.41, 5.74) is 14.3. The molecule has 0 heterocycles. The molecule has 0 heteroatoms. The van der Waals surface area contributed by atoms with Gasteiger partial charge in [-0.3, -0.25) is 0 Å². The van der Waals surface area contributed by atoms with Crippen LogP contribution in [0.4, 0.5) is 0 Å². The van der Waals surface area contributed by atoms with Crippen LogP contribution in [0.15, 0.2) is 194 Å². The monoisotopic (exact) mass is 610 g/mol. The van der Waals surface area contributed by atoms with Crippen molar-refractivity contribution >= 4 is 23.3 Å². The molecule has 0 radical (unpaired) electrons. The third kappa shape index (κ3) is 4.09. The molecule has 0 saturated carbocycles. The van der Waals surface area contributed by atoms with Crippen LogP contribution in [0.2, 0.25) is 0 Å². The van der Waals surface area contributed by atoms with Crippen LogP contribution in [0.1, 0.15) is 55.6 Å². The summed E-state index contributed by atoms with van der Waals surface area (Å²) in [6.07, 6.45) is 4.93. The molecule has 0 fully saturated rings. The number of hydrogen-bond donors (Lipinski definition) is 0. The Bertz CT molecular complexity index is 2030. The average molecular weight is 611 g/mol. The molecular formula is C48H34. The molecule has 226 valence electrons. The maximum absolute atomic E-state index is 2.51. The van der Waals surface area contributed by atoms with Gasteiger partial charge in [-0.25, -0.2) is 0 Å². The fourth-order valence-electron chi connectivity index (χ4n) is 8.50. The minimum atomic E-state index is -0.486. The van der Waals surface area contributed by atoms with Crippen molar-refractivity contribution in [2.75, 3.05) is 0 Å². The topological polar surface area (TPSA) is 0 Å². The molecule has 0 saturated heterocycles. The molecule has 0 N–H and O–H groups in total. The molecule has 48 heavy (non-hydrogen) atoms. The van der Waals surface area contributed by atoms with Gasteiger partial charge in [0.2, 0.25) is 0 Å². The Morgan fingerprint density at radius 3 is 0.792 bits per heavy atom. The first-order chi connectivity index (χ1) is 23.8. The fraction of sp³-hybridized carbons (Fsp3) is 0.0417. The van der Waals surface area contributed by atoms with Gasteiger partial charge in [0.15, 0.2) is 0 Å². The van der Waals surface area contributed by atoms with Gasteiger partial charge < -0.3 is 0 Å². The number of rotatable bonds is 6. The standard InChI is InChI=1S/C48H34/c1-7-19-35(20-8-1)43-31-37-33-46-38(34-45(37)47(43,39-23-11-3-12-24-39)40-25-13-4-14-26-40)32-44(36-21-9-2-10-22-36)48(46,41-27-15-5-16-28-41)42-29-17-6-18-30-42/h1-34H. The predicted molar refractivity (Wildman–Crippen MR) is 201 cm³/mol. The van der Waals surface area contributed by atoms with Gasteiger partial charge in [0, 0.05) is 0 Å². The quantitative estimate of drug-likeness (QED) is 0.176. The molecule has 0 bridgehead atoms. The Balaban J connectivity index is 1.41. The lowest BCUT2D eigenvalue weighted by atomic mass is 9.63. The van der Waals surface area contributed by atoms with Crippen LogP contribution < -0.4 is 0 Å². The fourth-order valence-corrected chi connectivity index (χ4v) is 8.50. The summed E-state index contributed by atoms with van der Waals surface area (Å²) in [6, 6.07) is 71.2. The molecule has 0 aliphatic heterocycles. The van der Waals surface area contributed by atoms with Gasteiger partial charge in [-0.1, -0.05) is 182 Å². The summed E-state index contributed by atoms with van der Waals surface area (Å²) in [4.78, 5) is 0. The lowest BCUT2D eigenvalue weighted by molar-refractivity contribution is 0.797. The van der Waals surface area contributed by atoms with Gasteiger partial charge in [-0.05, 0) is 91.1 Å². The average Bonchev–Trinajstić information content (AvgIpc) is 3.70. The van der Waals surface area contributed by atoms with Crippen molar-refractivity contribution in [2.24, 2.45) is 0 Å². The van der Waals surface area contributed by atoms with Gasteiger partial charge in [-0.15, -0.1) is 0 Å². The van der Waals surface area contributed by atoms with Gasteiger partial charge >= 0.3 is 0 Å². The summed E-state index contributed by atoms with van der Waals surface area (Å²) in [6.45, 7) is 0. The van der Waals surface area contributed by atoms with E-state index in [0.29, 0.717) is 0 Å². The normalized spacial score (nSPS) is 15.2. The predicted octanol–water partition coefficient (Wildman–Crippen LogP) is 11.5. The van der Waals surface area contributed by atoms with Crippen LogP contribution in [0.3, 0.4) is 0 Å². The largest absolute Gasteiger partial charge is 0.0713 e. The van der Waals surface area contributed by atoms with Gasteiger partial charge in [0.05, 0.1) is 10.8 Å². The maximum atomic E-state index is 2.51. The summed E-state index contributed by atoms with van der Waals surface area (Å²) in [5.74, 6) is 0. The molecule has 0 atom stereocenters. The smallest absolute Gasteiger partial charge is 0.0622 e. The molecule has 0 spiro atoms. The van der Waals surface area contributed by atoms with Crippen LogP contribution in [-0.4, -0.2) is 0 Å². The second-order valence-corrected chi connectivity index (χ2v) is 12.8. The van der Waals surface area contributed by atoms with Crippen LogP contribution in [0.5, 0.6) is 0 Å². The zero-order valence-corrected chi connectivity index (χ0v) is 26.6. The van der Waals surface area contributed by atoms with Crippen molar-refractivity contribution in [3.63, 3.8) is 0 Å². The Labute approximate surface area is 283 Å². The van der Waals surface area contributed by atoms with E-state index in [4.69, 9.17) is 0 Å². The highest BCUT2D eigenvalue weighted by atomic mass is 14.5. The van der Waals surface area contributed by atoms with Crippen molar-refractivity contribution in [1.82, 2.24) is 0 Å². The zero-order chi connectivity index (χ0) is 32.0. The molecule has 2 aliphatic carbocycles. The summed E-state index contributed by atoms with van der Waals surface area (Å²) >= 11 is 0. The number of allylic oxidation sites excluding steroid dienone is 2. The third-order valence-corrected chi connectivity index (χ3v) is 10.4. The highest BCUT2D eigenvalue weighted by Crippen LogP contribution is 2.60. The second-order valence-electron chi connectivity index (χ2n) is 12.8. The lowest BCUT2D eigenvalue weighted by Gasteiger charge is -2.38. The van der Waals surface area contributed by atoms with Crippen molar-refractivity contribution in [1.29, 1.82) is 0 Å². The van der Waals surface area contributed by atoms with E-state index in [1.54, 1.807) is 0 Å². The van der Waals surface area contributed by atoms with E-state index in [9.17, 15) is 0 Å². The molecule has 7 aromatic carbocycles. The van der Waals surface area contributed by atoms with E-state index in [0.717, 1.165) is 0 Å². The lowest BCUT2D eigenvalue weighted by Crippen LogP contribution is -2.31. The Morgan fingerprint density at radius 2 is 0.521 bits per heavy atom. The molecule has 0 nitrogen and oxygen atoms in total. The Hall–Kier alpha value is -5.98. The molecule has 7 aromatic rings. The maximum Gasteiger partial charge on any atom is 0.0713 e. The second kappa shape index (κ2) is 11.4. The van der Waals surface area contributed by atoms with E-state index in [-0.39, 0.29) is 0 Å². The number of hydrogen-bond acceptors (Lipinski definition) is 0. The molecule has 0 amide bonds. The zero-order valence-electron chi connectivity index (χ0n) is 26.6. The molecule has 2 aliphatic rings. The van der Waals surface area contributed by atoms with E-state index >= 15 is 0 Å². The van der Waals surface area contributed by atoms with Crippen molar-refractivity contribution in [3.8, 4) is 0 Å². The summed E-state index contributed by atoms with van der Waals surface area (Å²) in [5, 5.41) is 0. The van der Waals surface area contributed by atoms with Gasteiger partial charge in [0.1, 0.15) is 0 Å². The van der Waals surface area contributed by atoms with E-state index in [1.165, 1.54) is 66.8 Å². The Kier molecular flexibility index (Phi) is 6.69. The highest BCUT2D eigenvalue weighted by molar-refractivity contribution is 6.04. The van der Waals surface area contributed by atoms with E-state index < -0.39 is 10.8 Å². The first kappa shape index (κ1) is 28.3. The van der Waals surface area contributed by atoms with Crippen LogP contribution in [0.25, 0.3) is 23.3 Å². The van der Waals surface area contributed by atoms with Crippen LogP contribution in [0, 0.1) is 0 Å². The molecule has 9 rings (SSSR count). The summed E-state index contributed by atoms with van der Waals surface area (Å²) < 4.78 is 0. The SMILES string of the molecule is C1=C(c2ccccc2)C(c2ccccc2)(c2ccccc2)c2cc3c(cc21)C(c1ccccc1)(c1ccccc1)C(c1ccccc1)=C3. The van der Waals surface area contributed by atoms with Crippen LogP contribution in [-0.2, 0) is 10.8 Å². The van der Waals surface area contributed by atoms with Crippen LogP contribution >= 0.6 is 0 Å². The first-order valence-corrected chi connectivity index (χ1v) is 16.8. The highest BCUT2D eigenvalue weighted by Gasteiger charge is 2.49. The van der Waals surface area contributed by atoms with Gasteiger partial charge in [0.25, 0.3) is 0 Å². The van der Waals surface area contributed by atoms with Crippen molar-refractivity contribution in [2.45, 2.75) is 10.8 Å². The van der Waals surface area contributed by atoms with Gasteiger partial charge in [-0.2, -0.15) is 0 Å². The number of benzene rings is 7. The molecular weight excluding hydrogens is 577 g/mol. The van der Waals surface area contributed by atoms with Crippen molar-refractivity contribution < 1.29 is 0 Å². The van der Waals surface area contributed by atoms with E-state index in [1.807, 2.05) is 0 Å². The third-order valence-electron chi connectivity index (χ3n) is 10.4. The minimum absolute atomic E-state index is 0.486. The van der Waals surface area contributed by atoms with E-state index in [2.05, 4.69) is 206 Å².